The average Bonchev–Trinajstić information content (AvgIpc) is 2.39. The molecule has 0 spiro atoms. The van der Waals surface area contributed by atoms with E-state index in [0.29, 0.717) is 6.54 Å². The van der Waals surface area contributed by atoms with Crippen molar-refractivity contribution in [3.05, 3.63) is 24.3 Å². The zero-order valence-corrected chi connectivity index (χ0v) is 10.4. The summed E-state index contributed by atoms with van der Waals surface area (Å²) >= 11 is 1.51. The monoisotopic (exact) mass is 253 g/mol. The summed E-state index contributed by atoms with van der Waals surface area (Å²) < 4.78 is 5.10. The fraction of sp³-hybridized carbons (Fsp3) is 0.417. The summed E-state index contributed by atoms with van der Waals surface area (Å²) in [4.78, 5) is 13.1. The second-order valence-electron chi connectivity index (χ2n) is 3.84. The predicted molar refractivity (Wildman–Crippen MR) is 69.1 cm³/mol. The van der Waals surface area contributed by atoms with Crippen molar-refractivity contribution in [2.45, 2.75) is 5.25 Å². The number of nitrogens with zero attached hydrogens (tertiary/aromatic N) is 1. The topological polar surface area (TPSA) is 49.8 Å². The number of aliphatic carboxylic acids is 1. The highest BCUT2D eigenvalue weighted by Gasteiger charge is 2.25. The fourth-order valence-electron chi connectivity index (χ4n) is 1.83. The van der Waals surface area contributed by atoms with Gasteiger partial charge in [-0.15, -0.1) is 11.8 Å². The minimum atomic E-state index is -0.729. The summed E-state index contributed by atoms with van der Waals surface area (Å²) in [6, 6.07) is 7.72. The molecule has 0 amide bonds. The Morgan fingerprint density at radius 2 is 2.18 bits per heavy atom. The highest BCUT2D eigenvalue weighted by atomic mass is 32.2. The SMILES string of the molecule is COc1ccc(N2CCSC(C(=O)O)C2)cc1. The molecule has 1 aliphatic rings. The Bertz CT molecular complexity index is 393. The van der Waals surface area contributed by atoms with Gasteiger partial charge in [0.1, 0.15) is 11.0 Å². The largest absolute Gasteiger partial charge is 0.497 e. The van der Waals surface area contributed by atoms with Gasteiger partial charge in [0.05, 0.1) is 7.11 Å². The Kier molecular flexibility index (Phi) is 3.78. The normalized spacial score (nSPS) is 20.1. The lowest BCUT2D eigenvalue weighted by molar-refractivity contribution is -0.136. The number of carbonyl (C=O) groups is 1. The van der Waals surface area contributed by atoms with Crippen LogP contribution in [0.2, 0.25) is 0 Å². The number of rotatable bonds is 3. The zero-order valence-electron chi connectivity index (χ0n) is 9.63. The van der Waals surface area contributed by atoms with Gasteiger partial charge in [-0.3, -0.25) is 4.79 Å². The van der Waals surface area contributed by atoms with Gasteiger partial charge < -0.3 is 14.7 Å². The number of anilines is 1. The molecule has 17 heavy (non-hydrogen) atoms. The van der Waals surface area contributed by atoms with E-state index in [0.717, 1.165) is 23.7 Å². The summed E-state index contributed by atoms with van der Waals surface area (Å²) in [5, 5.41) is 8.69. The molecule has 0 aromatic heterocycles. The highest BCUT2D eigenvalue weighted by Crippen LogP contribution is 2.25. The number of thioether (sulfide) groups is 1. The number of carboxylic acids is 1. The summed E-state index contributed by atoms with van der Waals surface area (Å²) in [6.45, 7) is 1.45. The minimum absolute atomic E-state index is 0.328. The first-order chi connectivity index (χ1) is 8.20. The maximum Gasteiger partial charge on any atom is 0.318 e. The van der Waals surface area contributed by atoms with Gasteiger partial charge in [0.25, 0.3) is 0 Å². The van der Waals surface area contributed by atoms with Gasteiger partial charge in [-0.1, -0.05) is 0 Å². The molecule has 2 rings (SSSR count). The second kappa shape index (κ2) is 5.31. The van der Waals surface area contributed by atoms with Crippen molar-refractivity contribution in [1.82, 2.24) is 0 Å². The number of carboxylic acid groups (broad SMARTS) is 1. The summed E-state index contributed by atoms with van der Waals surface area (Å²) in [5.41, 5.74) is 1.05. The molecule has 92 valence electrons. The molecule has 0 aliphatic carbocycles. The van der Waals surface area contributed by atoms with Crippen molar-refractivity contribution in [3.63, 3.8) is 0 Å². The Morgan fingerprint density at radius 1 is 1.47 bits per heavy atom. The molecular weight excluding hydrogens is 238 g/mol. The van der Waals surface area contributed by atoms with Crippen LogP contribution in [0, 0.1) is 0 Å². The summed E-state index contributed by atoms with van der Waals surface area (Å²) in [6.07, 6.45) is 0. The molecule has 1 aromatic rings. The molecule has 4 nitrogen and oxygen atoms in total. The van der Waals surface area contributed by atoms with E-state index in [-0.39, 0.29) is 5.25 Å². The van der Waals surface area contributed by atoms with Gasteiger partial charge in [-0.25, -0.2) is 0 Å². The van der Waals surface area contributed by atoms with E-state index in [1.807, 2.05) is 24.3 Å². The van der Waals surface area contributed by atoms with E-state index in [4.69, 9.17) is 9.84 Å². The predicted octanol–water partition coefficient (Wildman–Crippen LogP) is 1.70. The zero-order chi connectivity index (χ0) is 12.3. The molecule has 0 radical (unpaired) electrons. The first kappa shape index (κ1) is 12.1. The lowest BCUT2D eigenvalue weighted by Gasteiger charge is -2.32. The Labute approximate surface area is 105 Å². The molecule has 0 saturated carbocycles. The Morgan fingerprint density at radius 3 is 2.76 bits per heavy atom. The molecule has 1 saturated heterocycles. The van der Waals surface area contributed by atoms with Crippen LogP contribution in [-0.2, 0) is 4.79 Å². The van der Waals surface area contributed by atoms with Crippen molar-refractivity contribution >= 4 is 23.4 Å². The maximum atomic E-state index is 11.0. The minimum Gasteiger partial charge on any atom is -0.497 e. The third-order valence-electron chi connectivity index (χ3n) is 2.78. The smallest absolute Gasteiger partial charge is 0.318 e. The van der Waals surface area contributed by atoms with E-state index in [2.05, 4.69) is 4.90 Å². The lowest BCUT2D eigenvalue weighted by atomic mass is 10.2. The van der Waals surface area contributed by atoms with Gasteiger partial charge in [0.2, 0.25) is 0 Å². The third kappa shape index (κ3) is 2.85. The van der Waals surface area contributed by atoms with Crippen LogP contribution in [0.25, 0.3) is 0 Å². The van der Waals surface area contributed by atoms with Crippen LogP contribution in [-0.4, -0.2) is 42.3 Å². The third-order valence-corrected chi connectivity index (χ3v) is 3.95. The van der Waals surface area contributed by atoms with Crippen LogP contribution in [0.1, 0.15) is 0 Å². The lowest BCUT2D eigenvalue weighted by Crippen LogP contribution is -2.41. The molecule has 5 heteroatoms. The van der Waals surface area contributed by atoms with Crippen molar-refractivity contribution in [2.75, 3.05) is 30.9 Å². The van der Waals surface area contributed by atoms with Crippen molar-refractivity contribution < 1.29 is 14.6 Å². The van der Waals surface area contributed by atoms with Crippen LogP contribution in [0.15, 0.2) is 24.3 Å². The molecule has 1 aromatic carbocycles. The van der Waals surface area contributed by atoms with Crippen molar-refractivity contribution in [1.29, 1.82) is 0 Å². The maximum absolute atomic E-state index is 11.0. The fourth-order valence-corrected chi connectivity index (χ4v) is 2.86. The van der Waals surface area contributed by atoms with Gasteiger partial charge in [0.15, 0.2) is 0 Å². The molecule has 1 fully saturated rings. The van der Waals surface area contributed by atoms with E-state index in [1.165, 1.54) is 11.8 Å². The number of ether oxygens (including phenoxy) is 1. The van der Waals surface area contributed by atoms with Crippen LogP contribution < -0.4 is 9.64 Å². The Balaban J connectivity index is 2.08. The molecule has 1 atom stereocenters. The molecular formula is C12H15NO3S. The van der Waals surface area contributed by atoms with Crippen LogP contribution in [0.5, 0.6) is 5.75 Å². The summed E-state index contributed by atoms with van der Waals surface area (Å²) in [5.74, 6) is 0.936. The van der Waals surface area contributed by atoms with E-state index in [9.17, 15) is 4.79 Å². The second-order valence-corrected chi connectivity index (χ2v) is 5.15. The first-order valence-electron chi connectivity index (χ1n) is 5.44. The summed E-state index contributed by atoms with van der Waals surface area (Å²) in [7, 11) is 1.63. The number of hydrogen-bond acceptors (Lipinski definition) is 4. The first-order valence-corrected chi connectivity index (χ1v) is 6.49. The molecule has 1 heterocycles. The van der Waals surface area contributed by atoms with Crippen LogP contribution in [0.4, 0.5) is 5.69 Å². The van der Waals surface area contributed by atoms with Gasteiger partial charge in [-0.05, 0) is 24.3 Å². The van der Waals surface area contributed by atoms with Crippen molar-refractivity contribution in [2.24, 2.45) is 0 Å². The van der Waals surface area contributed by atoms with Crippen molar-refractivity contribution in [3.8, 4) is 5.75 Å². The van der Waals surface area contributed by atoms with Gasteiger partial charge >= 0.3 is 5.97 Å². The molecule has 0 bridgehead atoms. The average molecular weight is 253 g/mol. The standard InChI is InChI=1S/C12H15NO3S/c1-16-10-4-2-9(3-5-10)13-6-7-17-11(8-13)12(14)15/h2-5,11H,6-8H2,1H3,(H,14,15). The van der Waals surface area contributed by atoms with Gasteiger partial charge in [-0.2, -0.15) is 0 Å². The highest BCUT2D eigenvalue weighted by molar-refractivity contribution is 8.00. The number of benzene rings is 1. The van der Waals surface area contributed by atoms with Gasteiger partial charge in [0, 0.05) is 24.5 Å². The number of methoxy groups -OCH3 is 1. The van der Waals surface area contributed by atoms with E-state index < -0.39 is 5.97 Å². The van der Waals surface area contributed by atoms with Crippen LogP contribution in [0.3, 0.4) is 0 Å². The van der Waals surface area contributed by atoms with E-state index >= 15 is 0 Å². The van der Waals surface area contributed by atoms with Crippen LogP contribution >= 0.6 is 11.8 Å². The molecule has 1 aliphatic heterocycles. The molecule has 1 unspecified atom stereocenters. The quantitative estimate of drug-likeness (QED) is 0.888. The number of hydrogen-bond donors (Lipinski definition) is 1. The van der Waals surface area contributed by atoms with E-state index in [1.54, 1.807) is 7.11 Å². The Hall–Kier alpha value is -1.36. The molecule has 1 N–H and O–H groups in total.